The lowest BCUT2D eigenvalue weighted by Gasteiger charge is -2.18. The first-order chi connectivity index (χ1) is 10.3. The Hall–Kier alpha value is -1.99. The summed E-state index contributed by atoms with van der Waals surface area (Å²) in [6.45, 7) is 1.89. The molecule has 3 rings (SSSR count). The molecule has 0 saturated carbocycles. The van der Waals surface area contributed by atoms with E-state index >= 15 is 0 Å². The van der Waals surface area contributed by atoms with Crippen LogP contribution in [0.25, 0.3) is 0 Å². The van der Waals surface area contributed by atoms with Gasteiger partial charge in [-0.05, 0) is 18.4 Å². The van der Waals surface area contributed by atoms with Crippen molar-refractivity contribution in [2.24, 2.45) is 0 Å². The van der Waals surface area contributed by atoms with Crippen molar-refractivity contribution in [1.82, 2.24) is 9.97 Å². The number of nitrogen functional groups attached to an aromatic ring is 1. The van der Waals surface area contributed by atoms with Crippen LogP contribution in [0.1, 0.15) is 11.3 Å². The molecule has 0 spiro atoms. The second kappa shape index (κ2) is 6.19. The standard InChI is InChI=1S/C14H17N5OS/c1-21-14-17-11-6-7-16-8-9(11)13(18-14)20-19-12-5-3-2-4-10(12)15/h2-5,16,19H,6-8,15H2,1H3/p+1. The van der Waals surface area contributed by atoms with Gasteiger partial charge in [-0.1, -0.05) is 23.9 Å². The third-order valence-electron chi connectivity index (χ3n) is 3.37. The molecule has 1 aliphatic heterocycles. The van der Waals surface area contributed by atoms with Gasteiger partial charge in [0.05, 0.1) is 29.2 Å². The molecule has 5 N–H and O–H groups in total. The van der Waals surface area contributed by atoms with Crippen LogP contribution in [0.15, 0.2) is 29.4 Å². The molecule has 1 aliphatic rings. The van der Waals surface area contributed by atoms with Gasteiger partial charge < -0.3 is 15.9 Å². The average Bonchev–Trinajstić information content (AvgIpc) is 2.53. The van der Waals surface area contributed by atoms with Crippen LogP contribution in [0.2, 0.25) is 0 Å². The molecular formula is C14H18N5OS+. The minimum atomic E-state index is 0.587. The first-order valence-corrected chi connectivity index (χ1v) is 8.03. The lowest BCUT2D eigenvalue weighted by atomic mass is 10.1. The second-order valence-electron chi connectivity index (χ2n) is 4.76. The third kappa shape index (κ3) is 3.03. The molecular weight excluding hydrogens is 286 g/mol. The lowest BCUT2D eigenvalue weighted by molar-refractivity contribution is -0.673. The Kier molecular flexibility index (Phi) is 4.12. The maximum absolute atomic E-state index is 5.89. The van der Waals surface area contributed by atoms with Crippen LogP contribution in [-0.2, 0) is 13.0 Å². The number of hydrogen-bond acceptors (Lipinski definition) is 6. The van der Waals surface area contributed by atoms with Crippen LogP contribution in [0.4, 0.5) is 11.4 Å². The Balaban J connectivity index is 1.86. The van der Waals surface area contributed by atoms with Crippen molar-refractivity contribution in [3.63, 3.8) is 0 Å². The molecule has 0 bridgehead atoms. The molecule has 0 amide bonds. The van der Waals surface area contributed by atoms with Crippen LogP contribution in [-0.4, -0.2) is 22.8 Å². The molecule has 2 aromatic rings. The van der Waals surface area contributed by atoms with Gasteiger partial charge in [-0.3, -0.25) is 0 Å². The number of aromatic nitrogens is 2. The van der Waals surface area contributed by atoms with Crippen molar-refractivity contribution in [2.75, 3.05) is 24.0 Å². The quantitative estimate of drug-likeness (QED) is 0.335. The number of anilines is 2. The first-order valence-electron chi connectivity index (χ1n) is 6.80. The van der Waals surface area contributed by atoms with Gasteiger partial charge in [0.2, 0.25) is 0 Å². The van der Waals surface area contributed by atoms with E-state index in [-0.39, 0.29) is 0 Å². The van der Waals surface area contributed by atoms with Crippen molar-refractivity contribution < 1.29 is 10.2 Å². The monoisotopic (exact) mass is 304 g/mol. The van der Waals surface area contributed by atoms with E-state index in [2.05, 4.69) is 20.8 Å². The number of nitrogens with zero attached hydrogens (tertiary/aromatic N) is 2. The zero-order valence-corrected chi connectivity index (χ0v) is 12.6. The molecule has 0 atom stereocenters. The van der Waals surface area contributed by atoms with Crippen molar-refractivity contribution in [2.45, 2.75) is 18.1 Å². The normalized spacial score (nSPS) is 13.6. The van der Waals surface area contributed by atoms with Gasteiger partial charge in [-0.25, -0.2) is 10.5 Å². The molecule has 0 unspecified atom stereocenters. The highest BCUT2D eigenvalue weighted by atomic mass is 32.2. The molecule has 21 heavy (non-hydrogen) atoms. The summed E-state index contributed by atoms with van der Waals surface area (Å²) in [5.41, 5.74) is 12.3. The zero-order valence-electron chi connectivity index (χ0n) is 11.8. The molecule has 1 aromatic heterocycles. The highest BCUT2D eigenvalue weighted by Crippen LogP contribution is 2.25. The van der Waals surface area contributed by atoms with Gasteiger partial charge in [0.25, 0.3) is 5.88 Å². The lowest BCUT2D eigenvalue weighted by Crippen LogP contribution is -2.84. The van der Waals surface area contributed by atoms with Crippen molar-refractivity contribution in [1.29, 1.82) is 0 Å². The predicted molar refractivity (Wildman–Crippen MR) is 83.1 cm³/mol. The van der Waals surface area contributed by atoms with Crippen LogP contribution in [0.3, 0.4) is 0 Å². The van der Waals surface area contributed by atoms with Crippen LogP contribution < -0.4 is 21.4 Å². The Labute approximate surface area is 127 Å². The summed E-state index contributed by atoms with van der Waals surface area (Å²) in [6.07, 6.45) is 2.90. The highest BCUT2D eigenvalue weighted by molar-refractivity contribution is 7.98. The number of fused-ring (bicyclic) bond motifs is 1. The van der Waals surface area contributed by atoms with Gasteiger partial charge in [0.15, 0.2) is 5.16 Å². The smallest absolute Gasteiger partial charge is 0.259 e. The van der Waals surface area contributed by atoms with E-state index in [1.807, 2.05) is 30.5 Å². The number of thioether (sulfide) groups is 1. The van der Waals surface area contributed by atoms with Gasteiger partial charge in [0, 0.05) is 6.42 Å². The molecule has 0 saturated heterocycles. The molecule has 6 nitrogen and oxygen atoms in total. The van der Waals surface area contributed by atoms with Gasteiger partial charge in [0.1, 0.15) is 6.54 Å². The molecule has 0 aliphatic carbocycles. The SMILES string of the molecule is CSc1nc2c(c(ONc3ccccc3N)n1)C[NH2+]CC2. The first kappa shape index (κ1) is 14.0. The predicted octanol–water partition coefficient (Wildman–Crippen LogP) is 0.806. The zero-order chi connectivity index (χ0) is 14.7. The summed E-state index contributed by atoms with van der Waals surface area (Å²) in [6, 6.07) is 7.47. The topological polar surface area (TPSA) is 89.7 Å². The molecule has 1 aromatic carbocycles. The number of quaternary nitrogens is 1. The highest BCUT2D eigenvalue weighted by Gasteiger charge is 2.21. The van der Waals surface area contributed by atoms with E-state index in [4.69, 9.17) is 10.6 Å². The molecule has 2 heterocycles. The summed E-state index contributed by atoms with van der Waals surface area (Å²) >= 11 is 1.52. The van der Waals surface area contributed by atoms with Gasteiger partial charge >= 0.3 is 0 Å². The van der Waals surface area contributed by atoms with Gasteiger partial charge in [-0.2, -0.15) is 4.98 Å². The van der Waals surface area contributed by atoms with Crippen LogP contribution in [0.5, 0.6) is 5.88 Å². The summed E-state index contributed by atoms with van der Waals surface area (Å²) in [5.74, 6) is 0.587. The fraction of sp³-hybridized carbons (Fsp3) is 0.286. The summed E-state index contributed by atoms with van der Waals surface area (Å²) in [4.78, 5) is 14.7. The van der Waals surface area contributed by atoms with Gasteiger partial charge in [-0.15, -0.1) is 0 Å². The molecule has 110 valence electrons. The van der Waals surface area contributed by atoms with E-state index in [9.17, 15) is 0 Å². The van der Waals surface area contributed by atoms with Crippen LogP contribution in [0, 0.1) is 0 Å². The number of nitrogens with two attached hydrogens (primary N) is 2. The van der Waals surface area contributed by atoms with E-state index in [1.54, 1.807) is 0 Å². The van der Waals surface area contributed by atoms with E-state index in [0.717, 1.165) is 41.6 Å². The summed E-state index contributed by atoms with van der Waals surface area (Å²) < 4.78 is 0. The molecule has 0 fully saturated rings. The summed E-state index contributed by atoms with van der Waals surface area (Å²) in [7, 11) is 0. The van der Waals surface area contributed by atoms with E-state index < -0.39 is 0 Å². The average molecular weight is 304 g/mol. The Morgan fingerprint density at radius 2 is 2.19 bits per heavy atom. The fourth-order valence-corrected chi connectivity index (χ4v) is 2.63. The number of hydrogen-bond donors (Lipinski definition) is 3. The molecule has 7 heteroatoms. The Bertz CT molecular complexity index is 649. The van der Waals surface area contributed by atoms with Crippen LogP contribution >= 0.6 is 11.8 Å². The Morgan fingerprint density at radius 3 is 3.00 bits per heavy atom. The maximum Gasteiger partial charge on any atom is 0.259 e. The Morgan fingerprint density at radius 1 is 1.33 bits per heavy atom. The van der Waals surface area contributed by atoms with E-state index in [0.29, 0.717) is 11.6 Å². The number of benzene rings is 1. The maximum atomic E-state index is 5.89. The van der Waals surface area contributed by atoms with Crippen molar-refractivity contribution in [3.05, 3.63) is 35.5 Å². The number of rotatable bonds is 4. The van der Waals surface area contributed by atoms with Crippen molar-refractivity contribution in [3.8, 4) is 5.88 Å². The number of nitrogens with one attached hydrogen (secondary N) is 1. The minimum absolute atomic E-state index is 0.587. The fourth-order valence-electron chi connectivity index (χ4n) is 2.25. The van der Waals surface area contributed by atoms with Crippen molar-refractivity contribution >= 4 is 23.1 Å². The largest absolute Gasteiger partial charge is 0.397 e. The second-order valence-corrected chi connectivity index (χ2v) is 5.54. The number of para-hydroxylation sites is 2. The van der Waals surface area contributed by atoms with E-state index in [1.165, 1.54) is 11.8 Å². The molecule has 0 radical (unpaired) electrons. The summed E-state index contributed by atoms with van der Waals surface area (Å²) in [5, 5.41) is 2.96. The third-order valence-corrected chi connectivity index (χ3v) is 3.92. The minimum Gasteiger partial charge on any atom is -0.397 e.